The van der Waals surface area contributed by atoms with E-state index in [2.05, 4.69) is 15.5 Å². The molecule has 0 radical (unpaired) electrons. The van der Waals surface area contributed by atoms with Crippen LogP contribution in [-0.4, -0.2) is 10.1 Å². The van der Waals surface area contributed by atoms with Crippen LogP contribution in [0.2, 0.25) is 5.02 Å². The predicted molar refractivity (Wildman–Crippen MR) is 57.8 cm³/mol. The quantitative estimate of drug-likeness (QED) is 0.869. The average Bonchev–Trinajstić information content (AvgIpc) is 2.63. The topological polar surface area (TPSA) is 51.0 Å². The molecule has 0 fully saturated rings. The van der Waals surface area contributed by atoms with Crippen LogP contribution in [0.25, 0.3) is 0 Å². The first-order valence-electron chi connectivity index (χ1n) is 4.53. The van der Waals surface area contributed by atoms with Gasteiger partial charge >= 0.3 is 0 Å². The van der Waals surface area contributed by atoms with Crippen molar-refractivity contribution in [2.45, 2.75) is 13.5 Å². The maximum absolute atomic E-state index is 5.97. The summed E-state index contributed by atoms with van der Waals surface area (Å²) in [4.78, 5) is 4.07. The minimum Gasteiger partial charge on any atom is -0.376 e. The summed E-state index contributed by atoms with van der Waals surface area (Å²) >= 11 is 5.97. The van der Waals surface area contributed by atoms with Crippen molar-refractivity contribution in [3.05, 3.63) is 41.0 Å². The molecule has 1 aromatic carbocycles. The van der Waals surface area contributed by atoms with Gasteiger partial charge in [-0.2, -0.15) is 4.98 Å². The molecule has 0 atom stereocenters. The fourth-order valence-electron chi connectivity index (χ4n) is 1.19. The zero-order valence-corrected chi connectivity index (χ0v) is 8.95. The van der Waals surface area contributed by atoms with Crippen LogP contribution in [0.1, 0.15) is 11.7 Å². The number of benzene rings is 1. The predicted octanol–water partition coefficient (Wildman–Crippen LogP) is 2.64. The van der Waals surface area contributed by atoms with Gasteiger partial charge in [0.1, 0.15) is 0 Å². The van der Waals surface area contributed by atoms with E-state index in [0.717, 1.165) is 5.69 Å². The summed E-state index contributed by atoms with van der Waals surface area (Å²) in [6, 6.07) is 7.52. The van der Waals surface area contributed by atoms with Gasteiger partial charge in [-0.15, -0.1) is 0 Å². The maximum atomic E-state index is 5.97. The first-order chi connectivity index (χ1) is 7.25. The molecule has 1 heterocycles. The number of halogens is 1. The molecule has 1 N–H and O–H groups in total. The molecular formula is C10H10ClN3O. The van der Waals surface area contributed by atoms with Crippen LogP contribution in [-0.2, 0) is 6.54 Å². The normalized spacial score (nSPS) is 10.3. The molecule has 2 aromatic rings. The fourth-order valence-corrected chi connectivity index (χ4v) is 1.39. The molecule has 0 aliphatic rings. The Bertz CT molecular complexity index is 455. The molecular weight excluding hydrogens is 214 g/mol. The van der Waals surface area contributed by atoms with Gasteiger partial charge in [-0.3, -0.25) is 0 Å². The van der Waals surface area contributed by atoms with Crippen LogP contribution in [0.3, 0.4) is 0 Å². The first-order valence-corrected chi connectivity index (χ1v) is 4.91. The van der Waals surface area contributed by atoms with E-state index in [9.17, 15) is 0 Å². The number of rotatable bonds is 3. The molecule has 78 valence electrons. The van der Waals surface area contributed by atoms with Gasteiger partial charge in [0.2, 0.25) is 5.89 Å². The molecule has 15 heavy (non-hydrogen) atoms. The summed E-state index contributed by atoms with van der Waals surface area (Å²) in [5.41, 5.74) is 0.863. The van der Waals surface area contributed by atoms with E-state index in [4.69, 9.17) is 16.1 Å². The number of hydrogen-bond acceptors (Lipinski definition) is 4. The zero-order chi connectivity index (χ0) is 10.7. The Kier molecular flexibility index (Phi) is 2.87. The largest absolute Gasteiger partial charge is 0.376 e. The number of nitrogens with one attached hydrogen (secondary N) is 1. The van der Waals surface area contributed by atoms with Gasteiger partial charge in [-0.1, -0.05) is 28.9 Å². The monoisotopic (exact) mass is 223 g/mol. The number of hydrogen-bond donors (Lipinski definition) is 1. The Morgan fingerprint density at radius 1 is 1.40 bits per heavy atom. The molecule has 5 heteroatoms. The van der Waals surface area contributed by atoms with Crippen molar-refractivity contribution < 1.29 is 4.52 Å². The third-order valence-corrected chi connectivity index (χ3v) is 2.21. The summed E-state index contributed by atoms with van der Waals surface area (Å²) < 4.78 is 4.85. The standard InChI is InChI=1S/C10H10ClN3O/c1-7-13-10(14-15-7)6-12-9-5-3-2-4-8(9)11/h2-5,12H,6H2,1H3. The van der Waals surface area contributed by atoms with Crippen molar-refractivity contribution in [2.24, 2.45) is 0 Å². The molecule has 1 aromatic heterocycles. The van der Waals surface area contributed by atoms with Gasteiger partial charge in [0.25, 0.3) is 0 Å². The van der Waals surface area contributed by atoms with Gasteiger partial charge in [0, 0.05) is 6.92 Å². The molecule has 0 spiro atoms. The zero-order valence-electron chi connectivity index (χ0n) is 8.20. The molecule has 4 nitrogen and oxygen atoms in total. The number of aromatic nitrogens is 2. The SMILES string of the molecule is Cc1nc(CNc2ccccc2Cl)no1. The third-order valence-electron chi connectivity index (χ3n) is 1.88. The van der Waals surface area contributed by atoms with Gasteiger partial charge in [0.15, 0.2) is 5.82 Å². The van der Waals surface area contributed by atoms with E-state index in [1.807, 2.05) is 24.3 Å². The summed E-state index contributed by atoms with van der Waals surface area (Å²) in [5, 5.41) is 7.57. The molecule has 0 aliphatic carbocycles. The number of para-hydroxylation sites is 1. The minimum atomic E-state index is 0.501. The number of aryl methyl sites for hydroxylation is 1. The Morgan fingerprint density at radius 3 is 2.87 bits per heavy atom. The molecule has 0 amide bonds. The number of anilines is 1. The summed E-state index contributed by atoms with van der Waals surface area (Å²) in [6.45, 7) is 2.26. The summed E-state index contributed by atoms with van der Waals surface area (Å²) in [7, 11) is 0. The van der Waals surface area contributed by atoms with Crippen LogP contribution in [0.5, 0.6) is 0 Å². The second kappa shape index (κ2) is 4.31. The maximum Gasteiger partial charge on any atom is 0.223 e. The van der Waals surface area contributed by atoms with Crippen LogP contribution in [0.15, 0.2) is 28.8 Å². The second-order valence-corrected chi connectivity index (χ2v) is 3.47. The lowest BCUT2D eigenvalue weighted by Crippen LogP contribution is -2.01. The Hall–Kier alpha value is -1.55. The van der Waals surface area contributed by atoms with Crippen LogP contribution < -0.4 is 5.32 Å². The summed E-state index contributed by atoms with van der Waals surface area (Å²) in [5.74, 6) is 1.18. The average molecular weight is 224 g/mol. The fraction of sp³-hybridized carbons (Fsp3) is 0.200. The Labute approximate surface area is 92.3 Å². The second-order valence-electron chi connectivity index (χ2n) is 3.06. The minimum absolute atomic E-state index is 0.501. The Morgan fingerprint density at radius 2 is 2.20 bits per heavy atom. The lowest BCUT2D eigenvalue weighted by Gasteiger charge is -2.04. The highest BCUT2D eigenvalue weighted by Crippen LogP contribution is 2.20. The van der Waals surface area contributed by atoms with Gasteiger partial charge < -0.3 is 9.84 Å². The lowest BCUT2D eigenvalue weighted by atomic mass is 10.3. The van der Waals surface area contributed by atoms with Crippen molar-refractivity contribution in [3.63, 3.8) is 0 Å². The van der Waals surface area contributed by atoms with E-state index in [-0.39, 0.29) is 0 Å². The van der Waals surface area contributed by atoms with Crippen LogP contribution >= 0.6 is 11.6 Å². The van der Waals surface area contributed by atoms with E-state index in [0.29, 0.717) is 23.3 Å². The molecule has 2 rings (SSSR count). The highest BCUT2D eigenvalue weighted by Gasteiger charge is 2.03. The van der Waals surface area contributed by atoms with E-state index in [1.165, 1.54) is 0 Å². The van der Waals surface area contributed by atoms with Crippen molar-refractivity contribution in [1.29, 1.82) is 0 Å². The lowest BCUT2D eigenvalue weighted by molar-refractivity contribution is 0.388. The Balaban J connectivity index is 2.02. The van der Waals surface area contributed by atoms with Crippen LogP contribution in [0, 0.1) is 6.92 Å². The number of nitrogens with zero attached hydrogens (tertiary/aromatic N) is 2. The molecule has 0 unspecified atom stereocenters. The summed E-state index contributed by atoms with van der Waals surface area (Å²) in [6.07, 6.45) is 0. The smallest absolute Gasteiger partial charge is 0.223 e. The molecule has 0 aliphatic heterocycles. The first kappa shape index (κ1) is 9.98. The van der Waals surface area contributed by atoms with Crippen LogP contribution in [0.4, 0.5) is 5.69 Å². The molecule has 0 bridgehead atoms. The van der Waals surface area contributed by atoms with Crippen molar-refractivity contribution in [2.75, 3.05) is 5.32 Å². The van der Waals surface area contributed by atoms with E-state index < -0.39 is 0 Å². The third kappa shape index (κ3) is 2.47. The van der Waals surface area contributed by atoms with Crippen molar-refractivity contribution in [3.8, 4) is 0 Å². The highest BCUT2D eigenvalue weighted by atomic mass is 35.5. The van der Waals surface area contributed by atoms with Gasteiger partial charge in [0.05, 0.1) is 17.3 Å². The molecule has 0 saturated carbocycles. The van der Waals surface area contributed by atoms with Gasteiger partial charge in [-0.05, 0) is 12.1 Å². The van der Waals surface area contributed by atoms with E-state index >= 15 is 0 Å². The van der Waals surface area contributed by atoms with E-state index in [1.54, 1.807) is 6.92 Å². The molecule has 0 saturated heterocycles. The van der Waals surface area contributed by atoms with Gasteiger partial charge in [-0.25, -0.2) is 0 Å². The van der Waals surface area contributed by atoms with Crippen molar-refractivity contribution >= 4 is 17.3 Å². The van der Waals surface area contributed by atoms with Crippen molar-refractivity contribution in [1.82, 2.24) is 10.1 Å². The highest BCUT2D eigenvalue weighted by molar-refractivity contribution is 6.33.